The van der Waals surface area contributed by atoms with Gasteiger partial charge in [0, 0.05) is 12.4 Å². The highest BCUT2D eigenvalue weighted by Crippen LogP contribution is 2.15. The number of carbonyl (C=O) groups is 1. The van der Waals surface area contributed by atoms with Crippen molar-refractivity contribution in [3.05, 3.63) is 53.9 Å². The van der Waals surface area contributed by atoms with Crippen molar-refractivity contribution in [2.45, 2.75) is 11.8 Å². The summed E-state index contributed by atoms with van der Waals surface area (Å²) >= 11 is 0. The minimum absolute atomic E-state index is 0.0539. The maximum absolute atomic E-state index is 12.2. The number of aromatic nitrogens is 1. The zero-order valence-corrected chi connectivity index (χ0v) is 10.9. The quantitative estimate of drug-likeness (QED) is 0.652. The first kappa shape index (κ1) is 13.3. The van der Waals surface area contributed by atoms with Gasteiger partial charge in [-0.25, -0.2) is 17.9 Å². The number of benzene rings is 1. The highest BCUT2D eigenvalue weighted by Gasteiger charge is 2.18. The molecule has 0 aliphatic carbocycles. The van der Waals surface area contributed by atoms with Gasteiger partial charge in [0.1, 0.15) is 0 Å². The lowest BCUT2D eigenvalue weighted by atomic mass is 10.2. The molecule has 2 aromatic rings. The lowest BCUT2D eigenvalue weighted by molar-refractivity contribution is 0.0706. The van der Waals surface area contributed by atoms with Crippen LogP contribution in [0.2, 0.25) is 0 Å². The molecular formula is C12H12N2O4S. The molecule has 0 spiro atoms. The van der Waals surface area contributed by atoms with Gasteiger partial charge in [0.2, 0.25) is 0 Å². The molecular weight excluding hydrogens is 268 g/mol. The van der Waals surface area contributed by atoms with Crippen molar-refractivity contribution in [1.29, 1.82) is 0 Å². The summed E-state index contributed by atoms with van der Waals surface area (Å²) in [6.45, 7) is 1.86. The van der Waals surface area contributed by atoms with Gasteiger partial charge >= 0.3 is 0 Å². The smallest absolute Gasteiger partial charge is 0.276 e. The summed E-state index contributed by atoms with van der Waals surface area (Å²) in [7, 11) is -3.72. The van der Waals surface area contributed by atoms with Crippen LogP contribution in [-0.2, 0) is 10.0 Å². The summed E-state index contributed by atoms with van der Waals surface area (Å²) in [5.41, 5.74) is 2.45. The van der Waals surface area contributed by atoms with Gasteiger partial charge in [-0.2, -0.15) is 0 Å². The Morgan fingerprint density at radius 2 is 1.84 bits per heavy atom. The van der Waals surface area contributed by atoms with E-state index in [2.05, 4.69) is 0 Å². The minimum atomic E-state index is -3.72. The van der Waals surface area contributed by atoms with E-state index in [1.807, 2.05) is 6.92 Å². The molecule has 1 heterocycles. The fourth-order valence-corrected chi connectivity index (χ4v) is 2.75. The van der Waals surface area contributed by atoms with Crippen molar-refractivity contribution in [2.24, 2.45) is 0 Å². The van der Waals surface area contributed by atoms with Gasteiger partial charge in [-0.05, 0) is 25.1 Å². The van der Waals surface area contributed by atoms with Crippen molar-refractivity contribution >= 4 is 15.9 Å². The summed E-state index contributed by atoms with van der Waals surface area (Å²) in [5, 5.41) is 8.49. The van der Waals surface area contributed by atoms with Crippen LogP contribution in [-0.4, -0.2) is 23.5 Å². The van der Waals surface area contributed by atoms with Gasteiger partial charge in [-0.15, -0.1) is 0 Å². The molecule has 19 heavy (non-hydrogen) atoms. The van der Waals surface area contributed by atoms with Crippen LogP contribution in [0.3, 0.4) is 0 Å². The first-order valence-corrected chi connectivity index (χ1v) is 6.84. The Kier molecular flexibility index (Phi) is 3.41. The first-order valence-electron chi connectivity index (χ1n) is 5.40. The monoisotopic (exact) mass is 280 g/mol. The molecule has 6 nitrogen and oxygen atoms in total. The molecule has 7 heteroatoms. The molecule has 0 bridgehead atoms. The molecule has 0 aliphatic rings. The molecule has 1 aromatic carbocycles. The van der Waals surface area contributed by atoms with Crippen LogP contribution in [0.1, 0.15) is 15.9 Å². The number of rotatable bonds is 3. The summed E-state index contributed by atoms with van der Waals surface area (Å²) in [4.78, 5) is 11.3. The van der Waals surface area contributed by atoms with Crippen molar-refractivity contribution in [3.63, 3.8) is 0 Å². The second-order valence-electron chi connectivity index (χ2n) is 3.99. The lowest BCUT2D eigenvalue weighted by Gasteiger charge is -2.05. The molecule has 0 aliphatic heterocycles. The normalized spacial score (nSPS) is 11.3. The first-order chi connectivity index (χ1) is 8.95. The number of aryl methyl sites for hydroxylation is 1. The zero-order valence-electron chi connectivity index (χ0n) is 10.1. The second kappa shape index (κ2) is 4.87. The lowest BCUT2D eigenvalue weighted by Crippen LogP contribution is -2.18. The topological polar surface area (TPSA) is 88.4 Å². The molecule has 0 fully saturated rings. The number of amides is 1. The molecule has 0 unspecified atom stereocenters. The van der Waals surface area contributed by atoms with E-state index < -0.39 is 15.9 Å². The van der Waals surface area contributed by atoms with Crippen LogP contribution in [0.5, 0.6) is 0 Å². The molecule has 0 saturated carbocycles. The van der Waals surface area contributed by atoms with E-state index in [0.717, 1.165) is 15.7 Å². The number of carbonyl (C=O) groups excluding carboxylic acids is 1. The molecule has 1 aromatic heterocycles. The fraction of sp³-hybridized carbons (Fsp3) is 0.0833. The molecule has 1 amide bonds. The largest absolute Gasteiger partial charge is 0.288 e. The van der Waals surface area contributed by atoms with Crippen LogP contribution >= 0.6 is 0 Å². The van der Waals surface area contributed by atoms with E-state index in [1.54, 1.807) is 12.1 Å². The molecule has 0 atom stereocenters. The van der Waals surface area contributed by atoms with Gasteiger partial charge in [0.25, 0.3) is 15.9 Å². The number of hydrogen-bond acceptors (Lipinski definition) is 4. The van der Waals surface area contributed by atoms with E-state index in [0.29, 0.717) is 0 Å². The Hall–Kier alpha value is -2.12. The zero-order chi connectivity index (χ0) is 14.0. The Balaban J connectivity index is 2.42. The standard InChI is InChI=1S/C12H12N2O4S/c1-9-2-4-11(5-3-9)19(17,18)14-7-6-10(8-14)12(15)13-16/h2-8,16H,1H3,(H,13,15). The number of hydrogen-bond donors (Lipinski definition) is 2. The maximum atomic E-state index is 12.2. The van der Waals surface area contributed by atoms with E-state index in [9.17, 15) is 13.2 Å². The third-order valence-electron chi connectivity index (χ3n) is 2.63. The van der Waals surface area contributed by atoms with E-state index in [1.165, 1.54) is 29.9 Å². The van der Waals surface area contributed by atoms with Crippen LogP contribution < -0.4 is 5.48 Å². The van der Waals surface area contributed by atoms with Crippen molar-refractivity contribution in [2.75, 3.05) is 0 Å². The SMILES string of the molecule is Cc1ccc(S(=O)(=O)n2ccc(C(=O)NO)c2)cc1. The summed E-state index contributed by atoms with van der Waals surface area (Å²) < 4.78 is 25.4. The average molecular weight is 280 g/mol. The maximum Gasteiger partial charge on any atom is 0.276 e. The van der Waals surface area contributed by atoms with Gasteiger partial charge < -0.3 is 0 Å². The van der Waals surface area contributed by atoms with Crippen LogP contribution in [0.15, 0.2) is 47.6 Å². The molecule has 0 radical (unpaired) electrons. The van der Waals surface area contributed by atoms with Gasteiger partial charge in [0.05, 0.1) is 10.5 Å². The Labute approximate surface area is 110 Å². The number of nitrogens with one attached hydrogen (secondary N) is 1. The van der Waals surface area contributed by atoms with Gasteiger partial charge in [0.15, 0.2) is 0 Å². The molecule has 0 saturated heterocycles. The molecule has 100 valence electrons. The highest BCUT2D eigenvalue weighted by molar-refractivity contribution is 7.90. The van der Waals surface area contributed by atoms with E-state index in [4.69, 9.17) is 5.21 Å². The molecule has 2 rings (SSSR count). The average Bonchev–Trinajstić information content (AvgIpc) is 2.88. The van der Waals surface area contributed by atoms with Crippen LogP contribution in [0.25, 0.3) is 0 Å². The van der Waals surface area contributed by atoms with Crippen LogP contribution in [0, 0.1) is 6.92 Å². The van der Waals surface area contributed by atoms with Crippen molar-refractivity contribution in [1.82, 2.24) is 9.45 Å². The summed E-state index contributed by atoms with van der Waals surface area (Å²) in [6.07, 6.45) is 2.39. The van der Waals surface area contributed by atoms with Gasteiger partial charge in [-0.1, -0.05) is 17.7 Å². The molecule has 2 N–H and O–H groups in total. The van der Waals surface area contributed by atoms with E-state index >= 15 is 0 Å². The van der Waals surface area contributed by atoms with Crippen molar-refractivity contribution < 1.29 is 18.4 Å². The van der Waals surface area contributed by atoms with E-state index in [-0.39, 0.29) is 10.5 Å². The van der Waals surface area contributed by atoms with Crippen molar-refractivity contribution in [3.8, 4) is 0 Å². The summed E-state index contributed by atoms with van der Waals surface area (Å²) in [5.74, 6) is -0.766. The highest BCUT2D eigenvalue weighted by atomic mass is 32.2. The third kappa shape index (κ3) is 2.51. The minimum Gasteiger partial charge on any atom is -0.288 e. The Morgan fingerprint density at radius 1 is 1.21 bits per heavy atom. The fourth-order valence-electron chi connectivity index (χ4n) is 1.56. The number of hydroxylamine groups is 1. The Bertz CT molecular complexity index is 702. The Morgan fingerprint density at radius 3 is 2.42 bits per heavy atom. The summed E-state index contributed by atoms with van der Waals surface area (Å²) in [6, 6.07) is 7.68. The number of nitrogens with zero attached hydrogens (tertiary/aromatic N) is 1. The second-order valence-corrected chi connectivity index (χ2v) is 5.83. The van der Waals surface area contributed by atoms with Gasteiger partial charge in [-0.3, -0.25) is 10.0 Å². The predicted octanol–water partition coefficient (Wildman–Crippen LogP) is 1.15. The van der Waals surface area contributed by atoms with Crippen LogP contribution in [0.4, 0.5) is 0 Å². The third-order valence-corrected chi connectivity index (χ3v) is 4.28. The predicted molar refractivity (Wildman–Crippen MR) is 67.4 cm³/mol.